The van der Waals surface area contributed by atoms with Crippen LogP contribution in [0.15, 0.2) is 36.7 Å². The molecule has 0 aliphatic carbocycles. The van der Waals surface area contributed by atoms with Crippen LogP contribution in [0.4, 0.5) is 0 Å². The molecule has 1 aromatic carbocycles. The molecule has 3 rings (SSSR count). The van der Waals surface area contributed by atoms with E-state index in [1.165, 1.54) is 16.5 Å². The van der Waals surface area contributed by atoms with Crippen LogP contribution in [0.25, 0.3) is 10.9 Å². The highest BCUT2D eigenvalue weighted by Crippen LogP contribution is 2.17. The Balaban J connectivity index is 1.76. The molecule has 0 bridgehead atoms. The Hall–Kier alpha value is -2.67. The van der Waals surface area contributed by atoms with Crippen molar-refractivity contribution in [1.82, 2.24) is 25.0 Å². The monoisotopic (exact) mass is 284 g/mol. The molecule has 0 radical (unpaired) electrons. The Kier molecular flexibility index (Phi) is 3.41. The number of nitrogens with zero attached hydrogens (tertiary/aromatic N) is 4. The second-order valence-corrected chi connectivity index (χ2v) is 4.91. The van der Waals surface area contributed by atoms with E-state index in [4.69, 9.17) is 5.84 Å². The molecular weight excluding hydrogens is 268 g/mol. The smallest absolute Gasteiger partial charge is 0.287 e. The number of hydrogen-bond acceptors (Lipinski definition) is 4. The van der Waals surface area contributed by atoms with Gasteiger partial charge in [0, 0.05) is 18.3 Å². The third kappa shape index (κ3) is 2.63. The van der Waals surface area contributed by atoms with Crippen molar-refractivity contribution in [3.8, 4) is 0 Å². The van der Waals surface area contributed by atoms with Crippen LogP contribution >= 0.6 is 0 Å². The minimum absolute atomic E-state index is 0.214. The molecule has 0 fully saturated rings. The number of aromatic nitrogens is 4. The number of carbonyl (C=O) groups excluding carboxylic acids is 1. The molecule has 0 spiro atoms. The second kappa shape index (κ2) is 5.37. The zero-order chi connectivity index (χ0) is 14.8. The molecule has 0 atom stereocenters. The van der Waals surface area contributed by atoms with Gasteiger partial charge in [0.2, 0.25) is 0 Å². The number of hydrazine groups is 1. The van der Waals surface area contributed by atoms with Crippen molar-refractivity contribution >= 4 is 16.8 Å². The van der Waals surface area contributed by atoms with Crippen molar-refractivity contribution in [2.75, 3.05) is 0 Å². The number of amides is 1. The van der Waals surface area contributed by atoms with E-state index in [1.54, 1.807) is 10.9 Å². The summed E-state index contributed by atoms with van der Waals surface area (Å²) in [5.74, 6) is 4.62. The van der Waals surface area contributed by atoms with Gasteiger partial charge in [0.1, 0.15) is 0 Å². The van der Waals surface area contributed by atoms with Crippen molar-refractivity contribution in [2.45, 2.75) is 20.0 Å². The highest BCUT2D eigenvalue weighted by Gasteiger charge is 2.09. The van der Waals surface area contributed by atoms with Crippen LogP contribution < -0.4 is 11.3 Å². The summed E-state index contributed by atoms with van der Waals surface area (Å²) in [6, 6.07) is 8.45. The zero-order valence-electron chi connectivity index (χ0n) is 11.7. The zero-order valence-corrected chi connectivity index (χ0v) is 11.7. The number of nitrogens with one attached hydrogen (secondary N) is 1. The molecule has 3 N–H and O–H groups in total. The fraction of sp³-hybridized carbons (Fsp3) is 0.214. The summed E-state index contributed by atoms with van der Waals surface area (Å²) in [6.45, 7) is 3.45. The average Bonchev–Trinajstić information content (AvgIpc) is 3.10. The standard InChI is InChI=1S/C14H16N6O/c1-10-2-3-11-4-5-19(13(11)8-10)6-7-20-9-12(17-18-20)14(21)16-15/h2-5,8-9H,6-7,15H2,1H3,(H,16,21). The van der Waals surface area contributed by atoms with Gasteiger partial charge in [-0.25, -0.2) is 10.5 Å². The minimum atomic E-state index is -0.441. The van der Waals surface area contributed by atoms with Crippen molar-refractivity contribution in [3.05, 3.63) is 47.9 Å². The van der Waals surface area contributed by atoms with Gasteiger partial charge in [-0.05, 0) is 30.0 Å². The van der Waals surface area contributed by atoms with Gasteiger partial charge in [-0.1, -0.05) is 17.3 Å². The molecular formula is C14H16N6O. The largest absolute Gasteiger partial charge is 0.346 e. The van der Waals surface area contributed by atoms with Crippen LogP contribution in [0.1, 0.15) is 16.1 Å². The minimum Gasteiger partial charge on any atom is -0.346 e. The first kappa shape index (κ1) is 13.3. The number of benzene rings is 1. The van der Waals surface area contributed by atoms with Crippen molar-refractivity contribution < 1.29 is 4.79 Å². The predicted octanol–water partition coefficient (Wildman–Crippen LogP) is 0.845. The van der Waals surface area contributed by atoms with Gasteiger partial charge < -0.3 is 4.57 Å². The van der Waals surface area contributed by atoms with E-state index < -0.39 is 5.91 Å². The van der Waals surface area contributed by atoms with E-state index in [0.717, 1.165) is 6.54 Å². The number of aryl methyl sites for hydroxylation is 3. The maximum absolute atomic E-state index is 11.3. The van der Waals surface area contributed by atoms with Crippen LogP contribution in [-0.2, 0) is 13.1 Å². The van der Waals surface area contributed by atoms with Gasteiger partial charge in [0.15, 0.2) is 5.69 Å². The Bertz CT molecular complexity index is 788. The number of fused-ring (bicyclic) bond motifs is 1. The molecule has 0 saturated heterocycles. The summed E-state index contributed by atoms with van der Waals surface area (Å²) in [4.78, 5) is 11.3. The third-order valence-electron chi connectivity index (χ3n) is 3.40. The Morgan fingerprint density at radius 2 is 2.19 bits per heavy atom. The van der Waals surface area contributed by atoms with Crippen LogP contribution in [0, 0.1) is 6.92 Å². The molecule has 108 valence electrons. The van der Waals surface area contributed by atoms with Gasteiger partial charge in [-0.2, -0.15) is 0 Å². The number of hydrogen-bond donors (Lipinski definition) is 2. The number of nitrogens with two attached hydrogens (primary N) is 1. The first-order valence-corrected chi connectivity index (χ1v) is 6.64. The summed E-state index contributed by atoms with van der Waals surface area (Å²) in [6.07, 6.45) is 3.63. The van der Waals surface area contributed by atoms with Crippen LogP contribution in [0.5, 0.6) is 0 Å². The molecule has 0 unspecified atom stereocenters. The van der Waals surface area contributed by atoms with Crippen LogP contribution in [0.2, 0.25) is 0 Å². The molecule has 7 heteroatoms. The Morgan fingerprint density at radius 1 is 1.33 bits per heavy atom. The molecule has 7 nitrogen and oxygen atoms in total. The van der Waals surface area contributed by atoms with E-state index in [1.807, 2.05) is 5.43 Å². The Morgan fingerprint density at radius 3 is 3.00 bits per heavy atom. The normalized spacial score (nSPS) is 11.0. The lowest BCUT2D eigenvalue weighted by molar-refractivity contribution is 0.0948. The van der Waals surface area contributed by atoms with E-state index in [0.29, 0.717) is 6.54 Å². The lowest BCUT2D eigenvalue weighted by Gasteiger charge is -2.05. The van der Waals surface area contributed by atoms with E-state index >= 15 is 0 Å². The maximum Gasteiger partial charge on any atom is 0.287 e. The van der Waals surface area contributed by atoms with Gasteiger partial charge in [0.25, 0.3) is 5.91 Å². The number of rotatable bonds is 4. The molecule has 2 heterocycles. The lowest BCUT2D eigenvalue weighted by atomic mass is 10.2. The lowest BCUT2D eigenvalue weighted by Crippen LogP contribution is -2.30. The van der Waals surface area contributed by atoms with Gasteiger partial charge in [-0.15, -0.1) is 5.10 Å². The molecule has 2 aromatic heterocycles. The van der Waals surface area contributed by atoms with Crippen LogP contribution in [0.3, 0.4) is 0 Å². The van der Waals surface area contributed by atoms with E-state index in [2.05, 4.69) is 52.3 Å². The summed E-state index contributed by atoms with van der Waals surface area (Å²) in [5.41, 5.74) is 4.67. The summed E-state index contributed by atoms with van der Waals surface area (Å²) in [7, 11) is 0. The molecule has 0 aliphatic rings. The first-order chi connectivity index (χ1) is 10.2. The highest BCUT2D eigenvalue weighted by molar-refractivity contribution is 5.91. The SMILES string of the molecule is Cc1ccc2ccn(CCn3cc(C(=O)NN)nn3)c2c1. The van der Waals surface area contributed by atoms with E-state index in [-0.39, 0.29) is 5.69 Å². The number of nitrogen functional groups attached to an aromatic ring is 1. The maximum atomic E-state index is 11.3. The number of carbonyl (C=O) groups is 1. The van der Waals surface area contributed by atoms with Gasteiger partial charge >= 0.3 is 0 Å². The fourth-order valence-corrected chi connectivity index (χ4v) is 2.28. The molecule has 0 aliphatic heterocycles. The first-order valence-electron chi connectivity index (χ1n) is 6.64. The molecule has 21 heavy (non-hydrogen) atoms. The fourth-order valence-electron chi connectivity index (χ4n) is 2.28. The molecule has 1 amide bonds. The summed E-state index contributed by atoms with van der Waals surface area (Å²) in [5, 5.41) is 8.90. The van der Waals surface area contributed by atoms with Crippen molar-refractivity contribution in [1.29, 1.82) is 0 Å². The highest BCUT2D eigenvalue weighted by atomic mass is 16.2. The summed E-state index contributed by atoms with van der Waals surface area (Å²) >= 11 is 0. The van der Waals surface area contributed by atoms with Gasteiger partial charge in [0.05, 0.1) is 12.7 Å². The van der Waals surface area contributed by atoms with E-state index in [9.17, 15) is 4.79 Å². The Labute approximate surface area is 121 Å². The van der Waals surface area contributed by atoms with Crippen LogP contribution in [-0.4, -0.2) is 25.5 Å². The average molecular weight is 284 g/mol. The van der Waals surface area contributed by atoms with Gasteiger partial charge in [-0.3, -0.25) is 10.2 Å². The van der Waals surface area contributed by atoms with Crippen molar-refractivity contribution in [3.63, 3.8) is 0 Å². The third-order valence-corrected chi connectivity index (χ3v) is 3.40. The summed E-state index contributed by atoms with van der Waals surface area (Å²) < 4.78 is 3.79. The topological polar surface area (TPSA) is 90.8 Å². The molecule has 0 saturated carbocycles. The quantitative estimate of drug-likeness (QED) is 0.422. The molecule has 3 aromatic rings. The predicted molar refractivity (Wildman–Crippen MR) is 78.4 cm³/mol. The second-order valence-electron chi connectivity index (χ2n) is 4.91. The van der Waals surface area contributed by atoms with Crippen molar-refractivity contribution in [2.24, 2.45) is 5.84 Å².